The Morgan fingerprint density at radius 1 is 1.43 bits per heavy atom. The fourth-order valence-electron chi connectivity index (χ4n) is 2.71. The molecule has 1 aromatic heterocycles. The molecule has 21 heavy (non-hydrogen) atoms. The third-order valence-electron chi connectivity index (χ3n) is 3.78. The summed E-state index contributed by atoms with van der Waals surface area (Å²) in [4.78, 5) is 4.21. The summed E-state index contributed by atoms with van der Waals surface area (Å²) in [5.41, 5.74) is 0.725. The summed E-state index contributed by atoms with van der Waals surface area (Å²) < 4.78 is 29.6. The second-order valence-corrected chi connectivity index (χ2v) is 7.07. The molecule has 2 rings (SSSR count). The van der Waals surface area contributed by atoms with Crippen molar-refractivity contribution in [1.29, 1.82) is 0 Å². The minimum absolute atomic E-state index is 0.0252. The van der Waals surface area contributed by atoms with Crippen LogP contribution >= 0.6 is 0 Å². The minimum atomic E-state index is -3.50. The molecule has 2 N–H and O–H groups in total. The van der Waals surface area contributed by atoms with E-state index in [4.69, 9.17) is 0 Å². The number of hydrogen-bond donors (Lipinski definition) is 2. The zero-order valence-electron chi connectivity index (χ0n) is 12.6. The van der Waals surface area contributed by atoms with Crippen LogP contribution in [0.4, 0.5) is 0 Å². The monoisotopic (exact) mass is 312 g/mol. The fraction of sp³-hybridized carbons (Fsp3) is 0.643. The molecule has 0 radical (unpaired) electrons. The highest BCUT2D eigenvalue weighted by molar-refractivity contribution is 7.87. The van der Waals surface area contributed by atoms with E-state index < -0.39 is 10.2 Å². The molecule has 1 saturated heterocycles. The maximum atomic E-state index is 12.6. The summed E-state index contributed by atoms with van der Waals surface area (Å²) in [7, 11) is -1.65. The van der Waals surface area contributed by atoms with Crippen LogP contribution in [0.25, 0.3) is 0 Å². The lowest BCUT2D eigenvalue weighted by Crippen LogP contribution is -2.52. The summed E-state index contributed by atoms with van der Waals surface area (Å²) in [5.74, 6) is 0. The van der Waals surface area contributed by atoms with Gasteiger partial charge in [-0.1, -0.05) is 12.5 Å². The molecule has 0 amide bonds. The average molecular weight is 312 g/mol. The Kier molecular flexibility index (Phi) is 5.69. The Morgan fingerprint density at radius 2 is 2.24 bits per heavy atom. The molecule has 6 nitrogen and oxygen atoms in total. The van der Waals surface area contributed by atoms with E-state index in [9.17, 15) is 8.42 Å². The third kappa shape index (κ3) is 4.23. The number of aromatic nitrogens is 1. The van der Waals surface area contributed by atoms with Gasteiger partial charge in [-0.15, -0.1) is 0 Å². The summed E-state index contributed by atoms with van der Waals surface area (Å²) in [6, 6.07) is 5.19. The van der Waals surface area contributed by atoms with Gasteiger partial charge < -0.3 is 5.32 Å². The molecule has 1 aliphatic heterocycles. The zero-order valence-corrected chi connectivity index (χ0v) is 13.4. The maximum Gasteiger partial charge on any atom is 0.280 e. The number of hydrogen-bond acceptors (Lipinski definition) is 4. The van der Waals surface area contributed by atoms with Gasteiger partial charge in [-0.25, -0.2) is 0 Å². The van der Waals surface area contributed by atoms with Gasteiger partial charge in [-0.3, -0.25) is 4.98 Å². The van der Waals surface area contributed by atoms with E-state index in [1.165, 1.54) is 0 Å². The van der Waals surface area contributed by atoms with Crippen molar-refractivity contribution in [1.82, 2.24) is 19.3 Å². The van der Waals surface area contributed by atoms with E-state index in [0.29, 0.717) is 13.1 Å². The van der Waals surface area contributed by atoms with Gasteiger partial charge in [0.05, 0.1) is 11.7 Å². The number of nitrogens with one attached hydrogen (secondary N) is 2. The van der Waals surface area contributed by atoms with Gasteiger partial charge in [0.1, 0.15) is 0 Å². The molecule has 0 saturated carbocycles. The van der Waals surface area contributed by atoms with Gasteiger partial charge in [0.2, 0.25) is 0 Å². The van der Waals surface area contributed by atoms with Crippen LogP contribution in [0, 0.1) is 0 Å². The first-order chi connectivity index (χ1) is 10.0. The Bertz CT molecular complexity index is 533. The first-order valence-electron chi connectivity index (χ1n) is 7.39. The second-order valence-electron chi connectivity index (χ2n) is 5.42. The smallest absolute Gasteiger partial charge is 0.280 e. The molecule has 0 aromatic carbocycles. The molecule has 1 aromatic rings. The van der Waals surface area contributed by atoms with Crippen LogP contribution < -0.4 is 10.0 Å². The van der Waals surface area contributed by atoms with Crippen molar-refractivity contribution in [3.63, 3.8) is 0 Å². The van der Waals surface area contributed by atoms with Crippen molar-refractivity contribution >= 4 is 10.2 Å². The molecular formula is C14H24N4O2S. The van der Waals surface area contributed by atoms with Crippen molar-refractivity contribution < 1.29 is 8.42 Å². The number of nitrogens with zero attached hydrogens (tertiary/aromatic N) is 2. The quantitative estimate of drug-likeness (QED) is 0.823. The van der Waals surface area contributed by atoms with E-state index in [1.807, 2.05) is 32.2 Å². The van der Waals surface area contributed by atoms with Crippen LogP contribution in [0.2, 0.25) is 0 Å². The van der Waals surface area contributed by atoms with Crippen molar-refractivity contribution in [3.05, 3.63) is 30.1 Å². The van der Waals surface area contributed by atoms with Gasteiger partial charge in [0.15, 0.2) is 0 Å². The Balaban J connectivity index is 2.09. The highest BCUT2D eigenvalue weighted by Crippen LogP contribution is 2.21. The molecule has 1 fully saturated rings. The van der Waals surface area contributed by atoms with Crippen LogP contribution in [-0.4, -0.2) is 43.9 Å². The Labute approximate surface area is 127 Å². The second kappa shape index (κ2) is 7.31. The lowest BCUT2D eigenvalue weighted by atomic mass is 10.1. The molecule has 118 valence electrons. The third-order valence-corrected chi connectivity index (χ3v) is 5.53. The zero-order chi connectivity index (χ0) is 15.3. The maximum absolute atomic E-state index is 12.6. The normalized spacial score (nSPS) is 22.1. The number of pyridine rings is 1. The molecule has 2 heterocycles. The van der Waals surface area contributed by atoms with Crippen molar-refractivity contribution in [3.8, 4) is 0 Å². The van der Waals surface area contributed by atoms with Crippen LogP contribution in [0.15, 0.2) is 24.4 Å². The van der Waals surface area contributed by atoms with Crippen LogP contribution in [0.1, 0.15) is 37.9 Å². The summed E-state index contributed by atoms with van der Waals surface area (Å²) in [6.07, 6.45) is 4.57. The molecule has 2 atom stereocenters. The molecule has 1 aliphatic rings. The molecule has 7 heteroatoms. The van der Waals surface area contributed by atoms with Crippen LogP contribution in [0.3, 0.4) is 0 Å². The highest BCUT2D eigenvalue weighted by atomic mass is 32.2. The predicted octanol–water partition coefficient (Wildman–Crippen LogP) is 1.05. The summed E-state index contributed by atoms with van der Waals surface area (Å²) >= 11 is 0. The molecular weight excluding hydrogens is 288 g/mol. The van der Waals surface area contributed by atoms with Crippen LogP contribution in [0.5, 0.6) is 0 Å². The SMILES string of the molecule is CNCC1CCCCN1S(=O)(=O)NC(C)c1ccccn1. The Hall–Kier alpha value is -1.02. The number of piperidine rings is 1. The fourth-order valence-corrected chi connectivity index (χ4v) is 4.36. The van der Waals surface area contributed by atoms with Crippen molar-refractivity contribution in [2.75, 3.05) is 20.1 Å². The highest BCUT2D eigenvalue weighted by Gasteiger charge is 2.32. The topological polar surface area (TPSA) is 74.3 Å². The first kappa shape index (κ1) is 16.4. The average Bonchev–Trinajstić information content (AvgIpc) is 2.48. The Morgan fingerprint density at radius 3 is 2.90 bits per heavy atom. The predicted molar refractivity (Wildman–Crippen MR) is 83.0 cm³/mol. The minimum Gasteiger partial charge on any atom is -0.318 e. The summed E-state index contributed by atoms with van der Waals surface area (Å²) in [6.45, 7) is 3.08. The van der Waals surface area contributed by atoms with Gasteiger partial charge in [0, 0.05) is 25.3 Å². The first-order valence-corrected chi connectivity index (χ1v) is 8.83. The van der Waals surface area contributed by atoms with Gasteiger partial charge in [0.25, 0.3) is 10.2 Å². The van der Waals surface area contributed by atoms with E-state index in [0.717, 1.165) is 25.0 Å². The van der Waals surface area contributed by atoms with E-state index in [2.05, 4.69) is 15.0 Å². The van der Waals surface area contributed by atoms with E-state index >= 15 is 0 Å². The number of likely N-dealkylation sites (N-methyl/N-ethyl adjacent to an activating group) is 1. The van der Waals surface area contributed by atoms with Gasteiger partial charge >= 0.3 is 0 Å². The molecule has 0 spiro atoms. The molecule has 0 aliphatic carbocycles. The van der Waals surface area contributed by atoms with Gasteiger partial charge in [-0.2, -0.15) is 17.4 Å². The lowest BCUT2D eigenvalue weighted by molar-refractivity contribution is 0.245. The van der Waals surface area contributed by atoms with E-state index in [1.54, 1.807) is 10.5 Å². The standard InChI is InChI=1S/C14H24N4O2S/c1-12(14-8-3-5-9-16-14)17-21(19,20)18-10-6-4-7-13(18)11-15-2/h3,5,8-9,12-13,15,17H,4,6-7,10-11H2,1-2H3. The van der Waals surface area contributed by atoms with Crippen LogP contribution in [-0.2, 0) is 10.2 Å². The largest absolute Gasteiger partial charge is 0.318 e. The lowest BCUT2D eigenvalue weighted by Gasteiger charge is -2.35. The molecule has 2 unspecified atom stereocenters. The number of rotatable bonds is 6. The van der Waals surface area contributed by atoms with Gasteiger partial charge in [-0.05, 0) is 38.9 Å². The summed E-state index contributed by atoms with van der Waals surface area (Å²) in [5, 5.41) is 3.08. The van der Waals surface area contributed by atoms with Crippen molar-refractivity contribution in [2.45, 2.75) is 38.3 Å². The van der Waals surface area contributed by atoms with E-state index in [-0.39, 0.29) is 12.1 Å². The van der Waals surface area contributed by atoms with Crippen molar-refractivity contribution in [2.24, 2.45) is 0 Å². The molecule has 0 bridgehead atoms.